The summed E-state index contributed by atoms with van der Waals surface area (Å²) in [5.74, 6) is -0.773. The number of methoxy groups -OCH3 is 1. The topological polar surface area (TPSA) is 60.7 Å². The lowest BCUT2D eigenvalue weighted by Crippen LogP contribution is -2.22. The summed E-state index contributed by atoms with van der Waals surface area (Å²) in [5, 5.41) is 0. The Morgan fingerprint density at radius 1 is 1.24 bits per heavy atom. The number of aryl methyl sites for hydroxylation is 1. The quantitative estimate of drug-likeness (QED) is 0.630. The summed E-state index contributed by atoms with van der Waals surface area (Å²) >= 11 is 8.44. The Labute approximate surface area is 157 Å². The van der Waals surface area contributed by atoms with Gasteiger partial charge in [0.25, 0.3) is 5.91 Å². The fourth-order valence-electron chi connectivity index (χ4n) is 2.34. The van der Waals surface area contributed by atoms with Gasteiger partial charge in [0.1, 0.15) is 6.54 Å². The molecule has 3 aromatic rings. The number of esters is 1. The lowest BCUT2D eigenvalue weighted by Gasteiger charge is -2.04. The first-order chi connectivity index (χ1) is 12.0. The van der Waals surface area contributed by atoms with Crippen molar-refractivity contribution in [2.45, 2.75) is 19.9 Å². The molecule has 0 saturated heterocycles. The number of halogens is 1. The Morgan fingerprint density at radius 3 is 2.68 bits per heavy atom. The van der Waals surface area contributed by atoms with Crippen molar-refractivity contribution in [2.24, 2.45) is 4.99 Å². The van der Waals surface area contributed by atoms with Gasteiger partial charge < -0.3 is 9.30 Å². The van der Waals surface area contributed by atoms with Crippen molar-refractivity contribution in [3.05, 3.63) is 49.9 Å². The molecule has 0 aliphatic rings. The van der Waals surface area contributed by atoms with Crippen LogP contribution in [-0.2, 0) is 22.5 Å². The number of benzene rings is 1. The normalized spacial score (nSPS) is 11.9. The van der Waals surface area contributed by atoms with Crippen molar-refractivity contribution in [1.29, 1.82) is 0 Å². The van der Waals surface area contributed by atoms with Crippen LogP contribution in [0, 0.1) is 0 Å². The van der Waals surface area contributed by atoms with Crippen LogP contribution in [0.4, 0.5) is 0 Å². The highest BCUT2D eigenvalue weighted by atomic mass is 35.5. The summed E-state index contributed by atoms with van der Waals surface area (Å²) in [4.78, 5) is 29.3. The van der Waals surface area contributed by atoms with Crippen LogP contribution in [0.2, 0.25) is 4.34 Å². The molecular weight excluding hydrogens is 380 g/mol. The summed E-state index contributed by atoms with van der Waals surface area (Å²) in [6.45, 7) is 2.08. The number of carbonyl (C=O) groups is 2. The van der Waals surface area contributed by atoms with Crippen molar-refractivity contribution in [2.75, 3.05) is 7.11 Å². The third-order valence-electron chi connectivity index (χ3n) is 3.65. The average molecular weight is 395 g/mol. The van der Waals surface area contributed by atoms with Crippen LogP contribution in [0.25, 0.3) is 10.2 Å². The zero-order valence-corrected chi connectivity index (χ0v) is 16.0. The molecule has 0 unspecified atom stereocenters. The monoisotopic (exact) mass is 394 g/mol. The maximum absolute atomic E-state index is 12.4. The predicted molar refractivity (Wildman–Crippen MR) is 100 cm³/mol. The molecule has 25 heavy (non-hydrogen) atoms. The smallest absolute Gasteiger partial charge is 0.325 e. The maximum atomic E-state index is 12.4. The molecule has 2 aromatic heterocycles. The summed E-state index contributed by atoms with van der Waals surface area (Å²) in [5.41, 5.74) is 2.03. The number of thiazole rings is 1. The molecule has 0 radical (unpaired) electrons. The van der Waals surface area contributed by atoms with Gasteiger partial charge in [-0.15, -0.1) is 11.3 Å². The minimum atomic E-state index is -0.396. The van der Waals surface area contributed by atoms with E-state index >= 15 is 0 Å². The van der Waals surface area contributed by atoms with E-state index < -0.39 is 5.97 Å². The van der Waals surface area contributed by atoms with Gasteiger partial charge in [-0.3, -0.25) is 9.59 Å². The van der Waals surface area contributed by atoms with Crippen molar-refractivity contribution >= 4 is 56.4 Å². The van der Waals surface area contributed by atoms with Gasteiger partial charge in [-0.2, -0.15) is 4.99 Å². The van der Waals surface area contributed by atoms with E-state index in [-0.39, 0.29) is 12.5 Å². The van der Waals surface area contributed by atoms with Gasteiger partial charge >= 0.3 is 5.97 Å². The van der Waals surface area contributed by atoms with Crippen LogP contribution < -0.4 is 4.80 Å². The van der Waals surface area contributed by atoms with E-state index in [4.69, 9.17) is 16.3 Å². The molecule has 0 aliphatic heterocycles. The molecule has 0 saturated carbocycles. The van der Waals surface area contributed by atoms with E-state index in [2.05, 4.69) is 18.0 Å². The number of thiophene rings is 1. The summed E-state index contributed by atoms with van der Waals surface area (Å²) < 4.78 is 7.98. The second-order valence-corrected chi connectivity index (χ2v) is 7.95. The first kappa shape index (κ1) is 17.8. The second kappa shape index (κ2) is 7.51. The first-order valence-electron chi connectivity index (χ1n) is 7.55. The van der Waals surface area contributed by atoms with Crippen LogP contribution >= 0.6 is 34.3 Å². The summed E-state index contributed by atoms with van der Waals surface area (Å²) in [6, 6.07) is 9.31. The average Bonchev–Trinajstić information content (AvgIpc) is 3.18. The number of hydrogen-bond donors (Lipinski definition) is 0. The highest BCUT2D eigenvalue weighted by Crippen LogP contribution is 2.23. The molecular formula is C17H15ClN2O3S2. The number of fused-ring (bicyclic) bond motifs is 1. The van der Waals surface area contributed by atoms with E-state index in [0.717, 1.165) is 16.6 Å². The minimum Gasteiger partial charge on any atom is -0.468 e. The Bertz CT molecular complexity index is 1020. The molecule has 3 rings (SSSR count). The molecule has 0 fully saturated rings. The van der Waals surface area contributed by atoms with E-state index in [9.17, 15) is 9.59 Å². The highest BCUT2D eigenvalue weighted by Gasteiger charge is 2.13. The molecule has 0 spiro atoms. The third kappa shape index (κ3) is 3.84. The number of ether oxygens (including phenoxy) is 1. The fraction of sp³-hybridized carbons (Fsp3) is 0.235. The molecule has 5 nitrogen and oxygen atoms in total. The molecule has 1 aromatic carbocycles. The first-order valence-corrected chi connectivity index (χ1v) is 9.56. The largest absolute Gasteiger partial charge is 0.468 e. The van der Waals surface area contributed by atoms with Gasteiger partial charge in [0.15, 0.2) is 4.80 Å². The number of nitrogens with zero attached hydrogens (tertiary/aromatic N) is 2. The molecule has 8 heteroatoms. The minimum absolute atomic E-state index is 0.000713. The Balaban J connectivity index is 2.14. The van der Waals surface area contributed by atoms with Crippen LogP contribution in [0.3, 0.4) is 0 Å². The number of aromatic nitrogens is 1. The zero-order chi connectivity index (χ0) is 18.0. The molecule has 2 heterocycles. The second-order valence-electron chi connectivity index (χ2n) is 5.22. The van der Waals surface area contributed by atoms with E-state index in [1.165, 1.54) is 35.3 Å². The van der Waals surface area contributed by atoms with Crippen molar-refractivity contribution in [3.8, 4) is 0 Å². The fourth-order valence-corrected chi connectivity index (χ4v) is 4.36. The molecule has 0 atom stereocenters. The van der Waals surface area contributed by atoms with Crippen LogP contribution in [0.1, 0.15) is 22.2 Å². The van der Waals surface area contributed by atoms with Crippen molar-refractivity contribution in [3.63, 3.8) is 0 Å². The standard InChI is InChI=1S/C17H15ClN2O3S2/c1-3-10-4-5-11-13(8-10)25-17(20(11)9-15(21)23-2)19-16(22)12-6-7-14(18)24-12/h4-8H,3,9H2,1-2H3. The Kier molecular flexibility index (Phi) is 5.36. The molecule has 1 amide bonds. The van der Waals surface area contributed by atoms with Gasteiger partial charge in [-0.1, -0.05) is 35.9 Å². The van der Waals surface area contributed by atoms with Gasteiger partial charge in [0.2, 0.25) is 0 Å². The zero-order valence-electron chi connectivity index (χ0n) is 13.6. The number of amides is 1. The van der Waals surface area contributed by atoms with Crippen molar-refractivity contribution < 1.29 is 14.3 Å². The third-order valence-corrected chi connectivity index (χ3v) is 5.91. The molecule has 0 aliphatic carbocycles. The van der Waals surface area contributed by atoms with Crippen molar-refractivity contribution in [1.82, 2.24) is 4.57 Å². The Morgan fingerprint density at radius 2 is 2.04 bits per heavy atom. The van der Waals surface area contributed by atoms with E-state index in [0.29, 0.717) is 14.0 Å². The van der Waals surface area contributed by atoms with Crippen LogP contribution in [0.15, 0.2) is 35.3 Å². The molecule has 0 N–H and O–H groups in total. The van der Waals surface area contributed by atoms with Crippen LogP contribution in [-0.4, -0.2) is 23.6 Å². The predicted octanol–water partition coefficient (Wildman–Crippen LogP) is 3.89. The highest BCUT2D eigenvalue weighted by molar-refractivity contribution is 7.18. The van der Waals surface area contributed by atoms with Crippen LogP contribution in [0.5, 0.6) is 0 Å². The van der Waals surface area contributed by atoms with Gasteiger partial charge in [-0.25, -0.2) is 0 Å². The lowest BCUT2D eigenvalue weighted by molar-refractivity contribution is -0.141. The maximum Gasteiger partial charge on any atom is 0.325 e. The van der Waals surface area contributed by atoms with Gasteiger partial charge in [0, 0.05) is 0 Å². The molecule has 130 valence electrons. The number of rotatable bonds is 4. The SMILES string of the molecule is CCc1ccc2c(c1)sc(=NC(=O)c1ccc(Cl)s1)n2CC(=O)OC. The van der Waals surface area contributed by atoms with Gasteiger partial charge in [0.05, 0.1) is 26.5 Å². The number of hydrogen-bond acceptors (Lipinski definition) is 5. The van der Waals surface area contributed by atoms with E-state index in [1.54, 1.807) is 16.7 Å². The van der Waals surface area contributed by atoms with Gasteiger partial charge in [-0.05, 0) is 36.2 Å². The van der Waals surface area contributed by atoms with E-state index in [1.807, 2.05) is 12.1 Å². The summed E-state index contributed by atoms with van der Waals surface area (Å²) in [7, 11) is 1.34. The number of carbonyl (C=O) groups excluding carboxylic acids is 2. The summed E-state index contributed by atoms with van der Waals surface area (Å²) in [6.07, 6.45) is 0.907. The Hall–Kier alpha value is -1.96. The molecule has 0 bridgehead atoms. The lowest BCUT2D eigenvalue weighted by atomic mass is 10.2.